The number of hydrogen-bond acceptors (Lipinski definition) is 2. The Morgan fingerprint density at radius 3 is 2.00 bits per heavy atom. The van der Waals surface area contributed by atoms with Crippen molar-refractivity contribution < 1.29 is 18.9 Å². The summed E-state index contributed by atoms with van der Waals surface area (Å²) in [6.45, 7) is 2.93. The summed E-state index contributed by atoms with van der Waals surface area (Å²) >= 11 is 0. The molecule has 4 nitrogen and oxygen atoms in total. The van der Waals surface area contributed by atoms with Crippen molar-refractivity contribution in [2.45, 2.75) is 0 Å². The van der Waals surface area contributed by atoms with Crippen molar-refractivity contribution in [2.75, 3.05) is 0 Å². The average Bonchev–Trinajstić information content (AvgIpc) is 1.30. The summed E-state index contributed by atoms with van der Waals surface area (Å²) < 4.78 is 13.3. The minimum atomic E-state index is -4.28. The van der Waals surface area contributed by atoms with Gasteiger partial charge < -0.3 is 4.52 Å². The Morgan fingerprint density at radius 1 is 1.62 bits per heavy atom. The summed E-state index contributed by atoms with van der Waals surface area (Å²) in [7, 11) is -4.28. The third-order valence-corrected chi connectivity index (χ3v) is 0.636. The minimum absolute atomic E-state index is 0. The maximum absolute atomic E-state index is 9.63. The number of phosphoric ester groups is 1. The third-order valence-electron chi connectivity index (χ3n) is 0.212. The van der Waals surface area contributed by atoms with Crippen LogP contribution in [0.4, 0.5) is 0 Å². The van der Waals surface area contributed by atoms with Crippen LogP contribution in [0.5, 0.6) is 0 Å². The Morgan fingerprint density at radius 2 is 2.00 bits per heavy atom. The van der Waals surface area contributed by atoms with E-state index in [2.05, 4.69) is 11.1 Å². The van der Waals surface area contributed by atoms with E-state index in [1.165, 1.54) is 0 Å². The quantitative estimate of drug-likeness (QED) is 0.304. The molecule has 0 saturated heterocycles. The number of hydrogen-bond donors (Lipinski definition) is 2. The Labute approximate surface area is 59.0 Å². The van der Waals surface area contributed by atoms with Gasteiger partial charge >= 0.3 is 26.7 Å². The number of phosphoric acid groups is 1. The van der Waals surface area contributed by atoms with E-state index in [0.29, 0.717) is 6.26 Å². The van der Waals surface area contributed by atoms with Crippen molar-refractivity contribution in [1.29, 1.82) is 0 Å². The first-order chi connectivity index (χ1) is 3.06. The van der Waals surface area contributed by atoms with Crippen LogP contribution in [0.25, 0.3) is 0 Å². The van der Waals surface area contributed by atoms with Gasteiger partial charge in [0.2, 0.25) is 0 Å². The van der Waals surface area contributed by atoms with Gasteiger partial charge in [-0.15, -0.1) is 0 Å². The van der Waals surface area contributed by atoms with E-state index in [1.54, 1.807) is 0 Å². The summed E-state index contributed by atoms with van der Waals surface area (Å²) in [6, 6.07) is 0. The van der Waals surface area contributed by atoms with Crippen molar-refractivity contribution in [1.82, 2.24) is 0 Å². The van der Waals surface area contributed by atoms with E-state index in [0.717, 1.165) is 0 Å². The maximum atomic E-state index is 9.63. The fourth-order valence-electron chi connectivity index (χ4n) is 0.0971. The molecule has 0 saturated carbocycles. The van der Waals surface area contributed by atoms with Gasteiger partial charge in [-0.1, -0.05) is 6.58 Å². The van der Waals surface area contributed by atoms with Gasteiger partial charge in [0.15, 0.2) is 0 Å². The summed E-state index contributed by atoms with van der Waals surface area (Å²) in [5, 5.41) is 0. The van der Waals surface area contributed by atoms with Gasteiger partial charge in [-0.3, -0.25) is 9.79 Å². The van der Waals surface area contributed by atoms with Crippen molar-refractivity contribution >= 4 is 26.7 Å². The molecule has 8 heavy (non-hydrogen) atoms. The molecule has 0 spiro atoms. The predicted octanol–water partition coefficient (Wildman–Crippen LogP) is -0.409. The molecule has 0 aliphatic heterocycles. The van der Waals surface area contributed by atoms with Gasteiger partial charge in [0.05, 0.1) is 6.26 Å². The van der Waals surface area contributed by atoms with Gasteiger partial charge in [0.1, 0.15) is 0 Å². The van der Waals surface area contributed by atoms with E-state index in [9.17, 15) is 4.57 Å². The van der Waals surface area contributed by atoms with E-state index < -0.39 is 7.82 Å². The molecule has 0 amide bonds. The second-order valence-electron chi connectivity index (χ2n) is 0.763. The molecule has 0 fully saturated rings. The van der Waals surface area contributed by atoms with E-state index in [1.807, 2.05) is 0 Å². The van der Waals surface area contributed by atoms with Crippen LogP contribution in [0.2, 0.25) is 0 Å². The normalized spacial score (nSPS) is 9.25. The predicted molar refractivity (Wildman–Crippen MR) is 30.5 cm³/mol. The van der Waals surface area contributed by atoms with Gasteiger partial charge in [-0.2, -0.15) is 0 Å². The van der Waals surface area contributed by atoms with Gasteiger partial charge in [0, 0.05) is 0 Å². The molecule has 0 radical (unpaired) electrons. The number of rotatable bonds is 2. The standard InChI is InChI=1S/C2H5O4P.Li.H/c1-2-6-7(3,4)5;;/h2H,1H2,(H2,3,4,5);;. The van der Waals surface area contributed by atoms with Crippen molar-refractivity contribution in [2.24, 2.45) is 0 Å². The zero-order chi connectivity index (χ0) is 5.91. The Kier molecular flexibility index (Phi) is 5.84. The molecule has 0 atom stereocenters. The van der Waals surface area contributed by atoms with Crippen LogP contribution < -0.4 is 0 Å². The SMILES string of the molecule is C=COP(=O)(O)O.[LiH]. The first kappa shape index (κ1) is 11.1. The molecule has 0 aliphatic carbocycles. The zero-order valence-corrected chi connectivity index (χ0v) is 4.34. The van der Waals surface area contributed by atoms with Crippen molar-refractivity contribution in [3.05, 3.63) is 12.8 Å². The van der Waals surface area contributed by atoms with Gasteiger partial charge in [-0.05, 0) is 0 Å². The van der Waals surface area contributed by atoms with Crippen LogP contribution in [-0.4, -0.2) is 28.6 Å². The monoisotopic (exact) mass is 132 g/mol. The average molecular weight is 132 g/mol. The Balaban J connectivity index is 0. The molecule has 0 aromatic heterocycles. The van der Waals surface area contributed by atoms with Crippen LogP contribution in [0.1, 0.15) is 0 Å². The second kappa shape index (κ2) is 4.19. The van der Waals surface area contributed by atoms with Crippen molar-refractivity contribution in [3.63, 3.8) is 0 Å². The van der Waals surface area contributed by atoms with Crippen molar-refractivity contribution in [3.8, 4) is 0 Å². The summed E-state index contributed by atoms with van der Waals surface area (Å²) in [5.41, 5.74) is 0. The Bertz CT molecular complexity index is 107. The molecule has 6 heteroatoms. The summed E-state index contributed by atoms with van der Waals surface area (Å²) in [5.74, 6) is 0. The molecule has 2 N–H and O–H groups in total. The van der Waals surface area contributed by atoms with Gasteiger partial charge in [-0.25, -0.2) is 4.57 Å². The third kappa shape index (κ3) is 9.56. The van der Waals surface area contributed by atoms with E-state index in [4.69, 9.17) is 9.79 Å². The molecule has 44 valence electrons. The van der Waals surface area contributed by atoms with Crippen LogP contribution >= 0.6 is 7.82 Å². The van der Waals surface area contributed by atoms with Crippen LogP contribution in [0.3, 0.4) is 0 Å². The molecule has 0 aromatic carbocycles. The first-order valence-corrected chi connectivity index (χ1v) is 2.94. The first-order valence-electron chi connectivity index (χ1n) is 1.41. The van der Waals surface area contributed by atoms with Gasteiger partial charge in [0.25, 0.3) is 0 Å². The molecule has 0 aliphatic rings. The molecule has 0 unspecified atom stereocenters. The topological polar surface area (TPSA) is 66.8 Å². The fourth-order valence-corrected chi connectivity index (χ4v) is 0.291. The molecule has 0 rings (SSSR count). The van der Waals surface area contributed by atoms with Crippen LogP contribution in [0.15, 0.2) is 12.8 Å². The fraction of sp³-hybridized carbons (Fsp3) is 0. The van der Waals surface area contributed by atoms with E-state index >= 15 is 0 Å². The van der Waals surface area contributed by atoms with Crippen LogP contribution in [-0.2, 0) is 9.09 Å². The van der Waals surface area contributed by atoms with E-state index in [-0.39, 0.29) is 18.9 Å². The molecule has 0 aromatic rings. The molecular weight excluding hydrogens is 126 g/mol. The molecular formula is C2H6LiO4P. The summed E-state index contributed by atoms with van der Waals surface area (Å²) in [4.78, 5) is 15.7. The zero-order valence-electron chi connectivity index (χ0n) is 3.44. The Hall–Kier alpha value is 0.287. The summed E-state index contributed by atoms with van der Waals surface area (Å²) in [6.07, 6.45) is 0.695. The van der Waals surface area contributed by atoms with Crippen LogP contribution in [0, 0.1) is 0 Å². The molecule has 0 heterocycles. The second-order valence-corrected chi connectivity index (χ2v) is 1.95. The molecule has 0 bridgehead atoms.